The van der Waals surface area contributed by atoms with Crippen molar-refractivity contribution in [2.75, 3.05) is 7.11 Å². The van der Waals surface area contributed by atoms with Gasteiger partial charge in [-0.25, -0.2) is 9.48 Å². The van der Waals surface area contributed by atoms with Crippen molar-refractivity contribution in [1.82, 2.24) is 15.1 Å². The molecule has 1 unspecified atom stereocenters. The summed E-state index contributed by atoms with van der Waals surface area (Å²) in [5.74, 6) is -0.809. The predicted octanol–water partition coefficient (Wildman–Crippen LogP) is 4.56. The molecule has 31 heavy (non-hydrogen) atoms. The number of aryl methyl sites for hydroxylation is 1. The number of nitrogens with zero attached hydrogens (tertiary/aromatic N) is 2. The number of nitrogens with one attached hydrogen (secondary N) is 1. The fraction of sp³-hybridized carbons (Fsp3) is 0.174. The number of halogens is 1. The molecule has 0 aliphatic rings. The summed E-state index contributed by atoms with van der Waals surface area (Å²) in [7, 11) is 1.32. The Morgan fingerprint density at radius 2 is 1.87 bits per heavy atom. The topological polar surface area (TPSA) is 73.2 Å². The molecule has 6 nitrogen and oxygen atoms in total. The lowest BCUT2D eigenvalue weighted by molar-refractivity contribution is -0.142. The minimum atomic E-state index is -0.779. The van der Waals surface area contributed by atoms with E-state index in [1.165, 1.54) is 18.4 Å². The minimum absolute atomic E-state index is 0.324. The summed E-state index contributed by atoms with van der Waals surface area (Å²) >= 11 is 7.32. The minimum Gasteiger partial charge on any atom is -0.467 e. The summed E-state index contributed by atoms with van der Waals surface area (Å²) in [6.45, 7) is 1.90. The summed E-state index contributed by atoms with van der Waals surface area (Å²) in [4.78, 5) is 26.6. The molecule has 2 heterocycles. The van der Waals surface area contributed by atoms with Gasteiger partial charge in [-0.1, -0.05) is 41.9 Å². The van der Waals surface area contributed by atoms with Gasteiger partial charge in [0.1, 0.15) is 10.9 Å². The van der Waals surface area contributed by atoms with Crippen LogP contribution in [-0.4, -0.2) is 34.8 Å². The molecule has 0 bridgehead atoms. The van der Waals surface area contributed by atoms with Crippen LogP contribution in [0.2, 0.25) is 5.02 Å². The first-order chi connectivity index (χ1) is 15.0. The number of thiophene rings is 1. The zero-order valence-corrected chi connectivity index (χ0v) is 18.5. The normalized spacial score (nSPS) is 12.0. The lowest BCUT2D eigenvalue weighted by atomic mass is 10.1. The second-order valence-corrected chi connectivity index (χ2v) is 8.51. The molecule has 4 aromatic rings. The first-order valence-corrected chi connectivity index (χ1v) is 10.8. The number of aromatic nitrogens is 2. The highest BCUT2D eigenvalue weighted by Crippen LogP contribution is 2.30. The van der Waals surface area contributed by atoms with Gasteiger partial charge < -0.3 is 10.1 Å². The fourth-order valence-corrected chi connectivity index (χ4v) is 4.54. The summed E-state index contributed by atoms with van der Waals surface area (Å²) < 4.78 is 6.69. The van der Waals surface area contributed by atoms with Crippen molar-refractivity contribution >= 4 is 45.0 Å². The van der Waals surface area contributed by atoms with Gasteiger partial charge in [-0.2, -0.15) is 5.10 Å². The molecule has 0 spiro atoms. The lowest BCUT2D eigenvalue weighted by Gasteiger charge is -2.16. The molecular weight excluding hydrogens is 434 g/mol. The largest absolute Gasteiger partial charge is 0.467 e. The SMILES string of the molecule is COC(=O)C(Cc1ccccc1)NC(=O)c1cc2c(C)nn(-c3ccc(Cl)cc3)c2s1. The number of amides is 1. The third-order valence-corrected chi connectivity index (χ3v) is 6.27. The van der Waals surface area contributed by atoms with E-state index < -0.39 is 12.0 Å². The van der Waals surface area contributed by atoms with Gasteiger partial charge in [0.2, 0.25) is 0 Å². The molecule has 0 saturated heterocycles. The van der Waals surface area contributed by atoms with Crippen molar-refractivity contribution in [2.24, 2.45) is 0 Å². The number of carbonyl (C=O) groups excluding carboxylic acids is 2. The van der Waals surface area contributed by atoms with E-state index in [-0.39, 0.29) is 5.91 Å². The van der Waals surface area contributed by atoms with Crippen LogP contribution in [0, 0.1) is 6.92 Å². The highest BCUT2D eigenvalue weighted by molar-refractivity contribution is 7.20. The zero-order valence-electron chi connectivity index (χ0n) is 17.0. The van der Waals surface area contributed by atoms with Gasteiger partial charge in [-0.15, -0.1) is 11.3 Å². The fourth-order valence-electron chi connectivity index (χ4n) is 3.33. The molecule has 0 radical (unpaired) electrons. The number of hydrogen-bond acceptors (Lipinski definition) is 5. The van der Waals surface area contributed by atoms with Crippen molar-refractivity contribution in [3.63, 3.8) is 0 Å². The molecule has 1 N–H and O–H groups in total. The van der Waals surface area contributed by atoms with Crippen molar-refractivity contribution in [3.8, 4) is 5.69 Å². The average Bonchev–Trinajstić information content (AvgIpc) is 3.35. The molecule has 0 saturated carbocycles. The molecule has 0 fully saturated rings. The van der Waals surface area contributed by atoms with Gasteiger partial charge in [-0.05, 0) is 42.8 Å². The van der Waals surface area contributed by atoms with E-state index in [4.69, 9.17) is 16.3 Å². The number of rotatable bonds is 6. The first kappa shape index (κ1) is 21.1. The first-order valence-electron chi connectivity index (χ1n) is 9.64. The number of esters is 1. The molecule has 1 atom stereocenters. The molecule has 0 aliphatic heterocycles. The van der Waals surface area contributed by atoms with Crippen LogP contribution in [0.25, 0.3) is 15.9 Å². The molecule has 0 aliphatic carbocycles. The molecule has 8 heteroatoms. The highest BCUT2D eigenvalue weighted by Gasteiger charge is 2.24. The average molecular weight is 454 g/mol. The highest BCUT2D eigenvalue weighted by atomic mass is 35.5. The Hall–Kier alpha value is -3.16. The lowest BCUT2D eigenvalue weighted by Crippen LogP contribution is -2.42. The van der Waals surface area contributed by atoms with E-state index >= 15 is 0 Å². The molecule has 2 aromatic heterocycles. The second kappa shape index (κ2) is 8.91. The third kappa shape index (κ3) is 4.47. The Morgan fingerprint density at radius 1 is 1.16 bits per heavy atom. The summed E-state index contributed by atoms with van der Waals surface area (Å²) in [6.07, 6.45) is 0.349. The third-order valence-electron chi connectivity index (χ3n) is 4.91. The van der Waals surface area contributed by atoms with Crippen LogP contribution in [0.1, 0.15) is 20.9 Å². The number of ether oxygens (including phenoxy) is 1. The zero-order chi connectivity index (χ0) is 22.0. The number of benzene rings is 2. The summed E-state index contributed by atoms with van der Waals surface area (Å²) in [5.41, 5.74) is 2.60. The number of hydrogen-bond donors (Lipinski definition) is 1. The van der Waals surface area contributed by atoms with Gasteiger partial charge in [0.05, 0.1) is 23.4 Å². The quantitative estimate of drug-likeness (QED) is 0.434. The van der Waals surface area contributed by atoms with Crippen LogP contribution >= 0.6 is 22.9 Å². The van der Waals surface area contributed by atoms with Crippen molar-refractivity contribution in [1.29, 1.82) is 0 Å². The van der Waals surface area contributed by atoms with E-state index in [2.05, 4.69) is 10.4 Å². The van der Waals surface area contributed by atoms with Crippen molar-refractivity contribution in [3.05, 3.63) is 81.8 Å². The smallest absolute Gasteiger partial charge is 0.328 e. The van der Waals surface area contributed by atoms with Crippen LogP contribution < -0.4 is 5.32 Å². The molecule has 4 rings (SSSR count). The Morgan fingerprint density at radius 3 is 2.55 bits per heavy atom. The van der Waals surface area contributed by atoms with Gasteiger partial charge in [0.15, 0.2) is 0 Å². The van der Waals surface area contributed by atoms with E-state index in [9.17, 15) is 9.59 Å². The maximum absolute atomic E-state index is 13.0. The Bertz CT molecular complexity index is 1230. The standard InChI is InChI=1S/C23H20ClN3O3S/c1-14-18-13-20(31-22(18)27(26-14)17-10-8-16(24)9-11-17)21(28)25-19(23(29)30-2)12-15-6-4-3-5-7-15/h3-11,13,19H,12H2,1-2H3,(H,25,28). The van der Waals surface area contributed by atoms with Crippen LogP contribution in [0.4, 0.5) is 0 Å². The van der Waals surface area contributed by atoms with Gasteiger partial charge in [0.25, 0.3) is 5.91 Å². The Kier molecular flexibility index (Phi) is 6.06. The van der Waals surface area contributed by atoms with Gasteiger partial charge in [0, 0.05) is 16.8 Å². The number of methoxy groups -OCH3 is 1. The number of carbonyl (C=O) groups is 2. The predicted molar refractivity (Wildman–Crippen MR) is 122 cm³/mol. The van der Waals surface area contributed by atoms with Crippen LogP contribution in [0.5, 0.6) is 0 Å². The monoisotopic (exact) mass is 453 g/mol. The van der Waals surface area contributed by atoms with Crippen LogP contribution in [-0.2, 0) is 16.0 Å². The molecule has 2 aromatic carbocycles. The van der Waals surface area contributed by atoms with E-state index in [0.29, 0.717) is 16.3 Å². The van der Waals surface area contributed by atoms with Crippen molar-refractivity contribution in [2.45, 2.75) is 19.4 Å². The molecule has 158 valence electrons. The van der Waals surface area contributed by atoms with Gasteiger partial charge in [-0.3, -0.25) is 4.79 Å². The Labute approximate surface area is 188 Å². The van der Waals surface area contributed by atoms with E-state index in [1.54, 1.807) is 22.9 Å². The number of fused-ring (bicyclic) bond motifs is 1. The summed E-state index contributed by atoms with van der Waals surface area (Å²) in [6, 6.07) is 17.9. The molecule has 1 amide bonds. The van der Waals surface area contributed by atoms with Crippen molar-refractivity contribution < 1.29 is 14.3 Å². The Balaban J connectivity index is 1.61. The molecular formula is C23H20ClN3O3S. The maximum atomic E-state index is 13.0. The summed E-state index contributed by atoms with van der Waals surface area (Å²) in [5, 5.41) is 8.94. The van der Waals surface area contributed by atoms with Gasteiger partial charge >= 0.3 is 5.97 Å². The van der Waals surface area contributed by atoms with E-state index in [0.717, 1.165) is 27.2 Å². The second-order valence-electron chi connectivity index (χ2n) is 7.04. The maximum Gasteiger partial charge on any atom is 0.328 e. The van der Waals surface area contributed by atoms with E-state index in [1.807, 2.05) is 49.4 Å². The van der Waals surface area contributed by atoms with Crippen LogP contribution in [0.3, 0.4) is 0 Å². The van der Waals surface area contributed by atoms with Crippen LogP contribution in [0.15, 0.2) is 60.7 Å².